The van der Waals surface area contributed by atoms with Crippen LogP contribution < -0.4 is 10.7 Å². The number of aryl methyl sites for hydroxylation is 2. The van der Waals surface area contributed by atoms with Crippen LogP contribution in [0.25, 0.3) is 66.8 Å². The first-order valence-electron chi connectivity index (χ1n) is 38.4. The second-order valence-electron chi connectivity index (χ2n) is 30.0. The number of halogens is 4. The molecule has 0 bridgehead atoms. The van der Waals surface area contributed by atoms with Gasteiger partial charge in [-0.25, -0.2) is 0 Å². The number of para-hydroxylation sites is 1. The molecule has 0 fully saturated rings. The van der Waals surface area contributed by atoms with E-state index in [0.717, 1.165) is 90.3 Å². The van der Waals surface area contributed by atoms with Crippen molar-refractivity contribution in [1.29, 1.82) is 0 Å². The molecule has 12 aromatic carbocycles. The number of aromatic nitrogens is 2. The van der Waals surface area contributed by atoms with Crippen molar-refractivity contribution in [2.45, 2.75) is 131 Å². The Kier molecular flexibility index (Phi) is 36.0. The van der Waals surface area contributed by atoms with E-state index in [2.05, 4.69) is 299 Å². The van der Waals surface area contributed by atoms with E-state index in [1.165, 1.54) is 50.5 Å². The number of nitrogen functional groups attached to an aromatic ring is 1. The van der Waals surface area contributed by atoms with Crippen molar-refractivity contribution in [3.63, 3.8) is 0 Å². The monoisotopic (exact) mass is 1930 g/mol. The molecule has 5 N–H and O–H groups in total. The van der Waals surface area contributed by atoms with Gasteiger partial charge in [0.15, 0.2) is 0 Å². The molecule has 0 radical (unpaired) electrons. The minimum Gasteiger partial charge on any atom is -0.670 e. The molecule has 14 rings (SSSR count). The van der Waals surface area contributed by atoms with Gasteiger partial charge in [-0.15, -0.1) is 0 Å². The smallest absolute Gasteiger partial charge is 0.132 e. The summed E-state index contributed by atoms with van der Waals surface area (Å²) in [5, 5.41) is 22.6. The summed E-state index contributed by atoms with van der Waals surface area (Å²) in [5.41, 5.74) is 30.3. The summed E-state index contributed by atoms with van der Waals surface area (Å²) in [7, 11) is 0. The number of aromatic amines is 1. The van der Waals surface area contributed by atoms with Gasteiger partial charge in [0.25, 0.3) is 0 Å². The Bertz CT molecular complexity index is 5080. The van der Waals surface area contributed by atoms with Crippen LogP contribution in [0.1, 0.15) is 152 Å². The van der Waals surface area contributed by atoms with Crippen molar-refractivity contribution in [1.82, 2.24) is 9.97 Å². The SMILES string of the molecule is CC(C)([CH]=[Mo])c1ccccc1.CC(C)c1cccc(C(C)C)c1N.CC(C)c1cccc(C(C)C)c1[N]=[Mo]=[CH]C(C)(C)c1ccccc1.Cc1ccc(C)[nH]1.Oc1c(-c2ccc(Br)cc2)c(-c2ccccc2)c(Br)c(-c2ccccc2)c1-c1ccc(Br)cc1.Oc1c(-c2ccccc2)cc(Br)cc1-c1ccccc1.c1cc[n-]c1. The fourth-order valence-electron chi connectivity index (χ4n) is 12.7. The van der Waals surface area contributed by atoms with E-state index in [0.29, 0.717) is 29.4 Å². The summed E-state index contributed by atoms with van der Waals surface area (Å²) in [4.78, 5) is 6.86. The van der Waals surface area contributed by atoms with Crippen LogP contribution >= 0.6 is 63.7 Å². The number of phenolic OH excluding ortho intramolecular Hbond substituents is 2. The average Bonchev–Trinajstić information content (AvgIpc) is 0.788. The molecule has 0 aliphatic rings. The van der Waals surface area contributed by atoms with Crippen LogP contribution in [-0.4, -0.2) is 24.0 Å². The van der Waals surface area contributed by atoms with Gasteiger partial charge in [-0.1, -0.05) is 251 Å². The van der Waals surface area contributed by atoms with E-state index >= 15 is 0 Å². The number of phenols is 2. The average molecular weight is 1930 g/mol. The van der Waals surface area contributed by atoms with Crippen LogP contribution in [-0.2, 0) is 48.1 Å². The van der Waals surface area contributed by atoms with Crippen LogP contribution in [0.4, 0.5) is 11.4 Å². The first-order chi connectivity index (χ1) is 54.6. The Balaban J connectivity index is 0.000000179. The van der Waals surface area contributed by atoms with Crippen LogP contribution in [0.15, 0.2) is 337 Å². The van der Waals surface area contributed by atoms with E-state index in [-0.39, 0.29) is 16.6 Å². The Morgan fingerprint density at radius 3 is 1.03 bits per heavy atom. The molecular formula is C102H105Br4Mo2N4O2-. The molecule has 0 aliphatic carbocycles. The van der Waals surface area contributed by atoms with Crippen LogP contribution in [0.2, 0.25) is 0 Å². The van der Waals surface area contributed by atoms with Gasteiger partial charge in [0, 0.05) is 68.3 Å². The normalized spacial score (nSPS) is 10.8. The standard InChI is InChI=1S/C30H19Br3O.C18H13BrO.C12H19N.C12H17N.2C10H12.C6H9N.C4H4N.2Mo/c31-23-15-11-21(12-16-23)27-25(19-7-3-1-4-8-19)29(33)26(20-9-5-2-6-10-20)28(30(27)34)22-13-17-24(32)18-14-22;19-15-11-16(13-7-3-1-4-8-13)18(20)17(12-15)14-9-5-2-6-10-14;2*1-8(2)10-6-5-7-11(9(3)4)12(10)13;2*1-10(2,3)9-7-5-4-6-8-9;1-5-3-4-6(2)7-5;1-2-4-5-3-1;;/h1-18,34H;1-12,20H;5-9H,13H2,1-4H3;5-9H,1-4H3;2*1,4-8H,2-3H3;3-4,7H,1-2H3;1-4H;;/q;;;;;;;-1;;. The maximum absolute atomic E-state index is 12.0. The topological polar surface area (TPSA) is 109 Å². The van der Waals surface area contributed by atoms with E-state index in [9.17, 15) is 10.2 Å². The van der Waals surface area contributed by atoms with Crippen molar-refractivity contribution < 1.29 is 47.5 Å². The molecule has 0 saturated carbocycles. The molecule has 0 amide bonds. The quantitative estimate of drug-likeness (QED) is 0.0606. The third-order valence-electron chi connectivity index (χ3n) is 19.1. The van der Waals surface area contributed by atoms with Gasteiger partial charge in [0.05, 0.1) is 0 Å². The Hall–Kier alpha value is -8.56. The summed E-state index contributed by atoms with van der Waals surface area (Å²) < 4.78 is 13.7. The first-order valence-corrected chi connectivity index (χ1v) is 44.8. The van der Waals surface area contributed by atoms with E-state index in [4.69, 9.17) is 9.23 Å². The number of anilines is 1. The molecule has 12 heteroatoms. The van der Waals surface area contributed by atoms with Gasteiger partial charge in [-0.05, 0) is 135 Å². The largest absolute Gasteiger partial charge is 0.670 e. The zero-order valence-corrected chi connectivity index (χ0v) is 78.0. The zero-order valence-electron chi connectivity index (χ0n) is 67.7. The number of nitrogens with two attached hydrogens (primary N) is 1. The van der Waals surface area contributed by atoms with Gasteiger partial charge in [-0.2, -0.15) is 12.4 Å². The van der Waals surface area contributed by atoms with Crippen molar-refractivity contribution in [2.75, 3.05) is 5.73 Å². The summed E-state index contributed by atoms with van der Waals surface area (Å²) >= 11 is 16.1. The Morgan fingerprint density at radius 1 is 0.386 bits per heavy atom. The summed E-state index contributed by atoms with van der Waals surface area (Å²) in [6.07, 6.45) is 3.50. The number of aromatic hydroxyl groups is 2. The molecule has 0 atom stereocenters. The predicted molar refractivity (Wildman–Crippen MR) is 496 cm³/mol. The predicted octanol–water partition coefficient (Wildman–Crippen LogP) is 30.6. The minimum absolute atomic E-state index is 0.0811. The number of hydrogen-bond donors (Lipinski definition) is 4. The third kappa shape index (κ3) is 26.2. The molecular weight excluding hydrogens is 1820 g/mol. The van der Waals surface area contributed by atoms with E-state index in [1.807, 2.05) is 203 Å². The molecule has 0 spiro atoms. The maximum atomic E-state index is 12.0. The number of H-pyrrole nitrogens is 1. The van der Waals surface area contributed by atoms with Crippen LogP contribution in [0.5, 0.6) is 11.5 Å². The molecule has 0 saturated heterocycles. The van der Waals surface area contributed by atoms with Gasteiger partial charge in [0.2, 0.25) is 0 Å². The molecule has 14 aromatic rings. The number of nitrogens with one attached hydrogen (secondary N) is 1. The third-order valence-corrected chi connectivity index (χ3v) is 25.2. The minimum atomic E-state index is -0.553. The maximum Gasteiger partial charge on any atom is 0.132 e. The van der Waals surface area contributed by atoms with E-state index < -0.39 is 17.9 Å². The molecule has 0 aliphatic heterocycles. The second-order valence-corrected chi connectivity index (χ2v) is 35.7. The van der Waals surface area contributed by atoms with Crippen LogP contribution in [0, 0.1) is 13.8 Å². The summed E-state index contributed by atoms with van der Waals surface area (Å²) in [5.74, 6) is 2.61. The molecule has 0 unspecified atom stereocenters. The zero-order chi connectivity index (χ0) is 82.5. The fraction of sp³-hybridized carbons (Fsp3) is 0.196. The number of benzene rings is 12. The van der Waals surface area contributed by atoms with Crippen molar-refractivity contribution >= 4 is 83.9 Å². The Labute approximate surface area is 731 Å². The van der Waals surface area contributed by atoms with Crippen molar-refractivity contribution in [3.05, 3.63) is 378 Å². The van der Waals surface area contributed by atoms with Crippen molar-refractivity contribution in [2.24, 2.45) is 3.50 Å². The van der Waals surface area contributed by atoms with Gasteiger partial charge in [-0.3, -0.25) is 0 Å². The Morgan fingerprint density at radius 2 is 0.711 bits per heavy atom. The molecule has 586 valence electrons. The second kappa shape index (κ2) is 45.1. The van der Waals surface area contributed by atoms with Gasteiger partial charge < -0.3 is 25.9 Å². The number of nitrogens with zero attached hydrogens (tertiary/aromatic N) is 2. The first kappa shape index (κ1) is 91.0. The number of rotatable bonds is 15. The van der Waals surface area contributed by atoms with Gasteiger partial charge >= 0.3 is 234 Å². The van der Waals surface area contributed by atoms with Crippen molar-refractivity contribution in [3.8, 4) is 78.3 Å². The summed E-state index contributed by atoms with van der Waals surface area (Å²) in [6, 6.07) is 102. The number of hydrogen-bond acceptors (Lipinski definition) is 4. The van der Waals surface area contributed by atoms with E-state index in [1.54, 1.807) is 12.4 Å². The van der Waals surface area contributed by atoms with Crippen LogP contribution in [0.3, 0.4) is 0 Å². The summed E-state index contributed by atoms with van der Waals surface area (Å²) in [6.45, 7) is 30.9. The molecule has 2 heterocycles. The molecule has 6 nitrogen and oxygen atoms in total. The van der Waals surface area contributed by atoms with Gasteiger partial charge in [0.1, 0.15) is 11.5 Å². The fourth-order valence-corrected chi connectivity index (χ4v) is 16.8. The molecule has 2 aromatic heterocycles. The molecule has 114 heavy (non-hydrogen) atoms.